The Kier molecular flexibility index (Phi) is 4.19. The molecule has 0 bridgehead atoms. The number of phenolic OH excluding ortho intramolecular Hbond substituents is 1. The zero-order valence-electron chi connectivity index (χ0n) is 8.74. The lowest BCUT2D eigenvalue weighted by molar-refractivity contribution is -0.274. The molecule has 0 aliphatic carbocycles. The number of benzene rings is 1. The van der Waals surface area contributed by atoms with Crippen LogP contribution < -0.4 is 10.5 Å². The van der Waals surface area contributed by atoms with Crippen molar-refractivity contribution >= 4 is 0 Å². The molecule has 0 unspecified atom stereocenters. The Balaban J connectivity index is 2.94. The van der Waals surface area contributed by atoms with E-state index in [1.807, 2.05) is 0 Å². The van der Waals surface area contributed by atoms with Gasteiger partial charge >= 0.3 is 6.36 Å². The standard InChI is InChI=1S/C10H12F3NO3/c11-10(12,13)17-6-1-2-9(16)7(5-6)8(14)3-4-15/h1-2,5,8,15-16H,3-4,14H2/t8-/m0/s1. The summed E-state index contributed by atoms with van der Waals surface area (Å²) in [6.07, 6.45) is -4.67. The molecule has 7 heteroatoms. The Labute approximate surface area is 95.4 Å². The summed E-state index contributed by atoms with van der Waals surface area (Å²) in [5.74, 6) is -0.695. The van der Waals surface area contributed by atoms with Crippen molar-refractivity contribution in [2.75, 3.05) is 6.61 Å². The smallest absolute Gasteiger partial charge is 0.508 e. The van der Waals surface area contributed by atoms with Crippen LogP contribution in [0.5, 0.6) is 11.5 Å². The number of hydrogen-bond donors (Lipinski definition) is 3. The van der Waals surface area contributed by atoms with Crippen LogP contribution in [0, 0.1) is 0 Å². The second-order valence-corrected chi connectivity index (χ2v) is 3.39. The maximum absolute atomic E-state index is 12.0. The van der Waals surface area contributed by atoms with Gasteiger partial charge in [0.15, 0.2) is 0 Å². The van der Waals surface area contributed by atoms with E-state index in [1.54, 1.807) is 0 Å². The first-order valence-corrected chi connectivity index (χ1v) is 4.78. The van der Waals surface area contributed by atoms with E-state index in [4.69, 9.17) is 10.8 Å². The molecule has 4 nitrogen and oxygen atoms in total. The van der Waals surface area contributed by atoms with Gasteiger partial charge in [0.25, 0.3) is 0 Å². The van der Waals surface area contributed by atoms with Crippen LogP contribution in [-0.4, -0.2) is 23.2 Å². The molecule has 0 radical (unpaired) electrons. The fourth-order valence-corrected chi connectivity index (χ4v) is 1.32. The summed E-state index contributed by atoms with van der Waals surface area (Å²) < 4.78 is 39.6. The number of aliphatic hydroxyl groups is 1. The highest BCUT2D eigenvalue weighted by Crippen LogP contribution is 2.31. The van der Waals surface area contributed by atoms with E-state index in [0.29, 0.717) is 0 Å². The summed E-state index contributed by atoms with van der Waals surface area (Å²) in [5.41, 5.74) is 5.68. The lowest BCUT2D eigenvalue weighted by atomic mass is 10.0. The molecule has 0 aliphatic heterocycles. The van der Waals surface area contributed by atoms with Crippen LogP contribution in [0.1, 0.15) is 18.0 Å². The highest BCUT2D eigenvalue weighted by Gasteiger charge is 2.31. The van der Waals surface area contributed by atoms with Crippen LogP contribution in [-0.2, 0) is 0 Å². The Hall–Kier alpha value is -1.47. The van der Waals surface area contributed by atoms with E-state index in [2.05, 4.69) is 4.74 Å². The van der Waals surface area contributed by atoms with Crippen LogP contribution in [0.25, 0.3) is 0 Å². The second kappa shape index (κ2) is 5.24. The summed E-state index contributed by atoms with van der Waals surface area (Å²) in [5, 5.41) is 18.1. The first-order valence-electron chi connectivity index (χ1n) is 4.78. The van der Waals surface area contributed by atoms with Crippen molar-refractivity contribution < 1.29 is 28.1 Å². The van der Waals surface area contributed by atoms with Gasteiger partial charge in [-0.2, -0.15) is 0 Å². The van der Waals surface area contributed by atoms with Crippen LogP contribution >= 0.6 is 0 Å². The van der Waals surface area contributed by atoms with Gasteiger partial charge in [0.05, 0.1) is 0 Å². The van der Waals surface area contributed by atoms with Gasteiger partial charge in [0.2, 0.25) is 0 Å². The second-order valence-electron chi connectivity index (χ2n) is 3.39. The molecule has 0 amide bonds. The predicted molar refractivity (Wildman–Crippen MR) is 53.4 cm³/mol. The summed E-state index contributed by atoms with van der Waals surface area (Å²) in [6.45, 7) is -0.231. The number of nitrogens with two attached hydrogens (primary N) is 1. The molecule has 0 fully saturated rings. The average Bonchev–Trinajstić information content (AvgIpc) is 2.19. The molecule has 0 heterocycles. The molecule has 1 atom stereocenters. The zero-order chi connectivity index (χ0) is 13.1. The van der Waals surface area contributed by atoms with Crippen molar-refractivity contribution in [3.05, 3.63) is 23.8 Å². The van der Waals surface area contributed by atoms with Gasteiger partial charge in [0, 0.05) is 18.2 Å². The van der Waals surface area contributed by atoms with E-state index in [-0.39, 0.29) is 24.3 Å². The van der Waals surface area contributed by atoms with Crippen LogP contribution in [0.3, 0.4) is 0 Å². The number of alkyl halides is 3. The summed E-state index contributed by atoms with van der Waals surface area (Å²) in [7, 11) is 0. The molecular weight excluding hydrogens is 239 g/mol. The maximum Gasteiger partial charge on any atom is 0.573 e. The third kappa shape index (κ3) is 4.12. The SMILES string of the molecule is N[C@@H](CCO)c1cc(OC(F)(F)F)ccc1O. The third-order valence-corrected chi connectivity index (χ3v) is 2.07. The Morgan fingerprint density at radius 1 is 1.35 bits per heavy atom. The van der Waals surface area contributed by atoms with Crippen molar-refractivity contribution in [3.63, 3.8) is 0 Å². The molecule has 17 heavy (non-hydrogen) atoms. The quantitative estimate of drug-likeness (QED) is 0.760. The fraction of sp³-hybridized carbons (Fsp3) is 0.400. The number of phenols is 1. The Morgan fingerprint density at radius 2 is 2.00 bits per heavy atom. The molecule has 96 valence electrons. The normalized spacial score (nSPS) is 13.5. The van der Waals surface area contributed by atoms with Crippen LogP contribution in [0.2, 0.25) is 0 Å². The molecule has 1 rings (SSSR count). The number of hydrogen-bond acceptors (Lipinski definition) is 4. The van der Waals surface area contributed by atoms with Crippen molar-refractivity contribution in [2.24, 2.45) is 5.73 Å². The van der Waals surface area contributed by atoms with Crippen molar-refractivity contribution in [1.82, 2.24) is 0 Å². The molecule has 0 aliphatic rings. The van der Waals surface area contributed by atoms with Crippen LogP contribution in [0.4, 0.5) is 13.2 Å². The third-order valence-electron chi connectivity index (χ3n) is 2.07. The van der Waals surface area contributed by atoms with Gasteiger partial charge in [-0.05, 0) is 24.6 Å². The number of aliphatic hydroxyl groups excluding tert-OH is 1. The number of ether oxygens (including phenoxy) is 1. The summed E-state index contributed by atoms with van der Waals surface area (Å²) in [6, 6.07) is 2.30. The molecule has 1 aromatic rings. The van der Waals surface area contributed by atoms with E-state index < -0.39 is 18.2 Å². The van der Waals surface area contributed by atoms with Gasteiger partial charge in [0.1, 0.15) is 11.5 Å². The highest BCUT2D eigenvalue weighted by atomic mass is 19.4. The van der Waals surface area contributed by atoms with E-state index >= 15 is 0 Å². The van der Waals surface area contributed by atoms with E-state index in [9.17, 15) is 18.3 Å². The van der Waals surface area contributed by atoms with Crippen molar-refractivity contribution in [2.45, 2.75) is 18.8 Å². The largest absolute Gasteiger partial charge is 0.573 e. The minimum atomic E-state index is -4.80. The maximum atomic E-state index is 12.0. The summed E-state index contributed by atoms with van der Waals surface area (Å²) >= 11 is 0. The molecule has 0 saturated heterocycles. The number of rotatable bonds is 4. The Morgan fingerprint density at radius 3 is 2.53 bits per heavy atom. The van der Waals surface area contributed by atoms with Gasteiger partial charge in [-0.25, -0.2) is 0 Å². The topological polar surface area (TPSA) is 75.7 Å². The first kappa shape index (κ1) is 13.6. The first-order chi connectivity index (χ1) is 7.83. The molecule has 1 aromatic carbocycles. The summed E-state index contributed by atoms with van der Waals surface area (Å²) in [4.78, 5) is 0. The van der Waals surface area contributed by atoms with Gasteiger partial charge in [-0.1, -0.05) is 0 Å². The molecule has 0 spiro atoms. The molecular formula is C10H12F3NO3. The van der Waals surface area contributed by atoms with Gasteiger partial charge in [-0.15, -0.1) is 13.2 Å². The minimum absolute atomic E-state index is 0.0980. The monoisotopic (exact) mass is 251 g/mol. The number of aromatic hydroxyl groups is 1. The van der Waals surface area contributed by atoms with Crippen molar-refractivity contribution in [3.8, 4) is 11.5 Å². The van der Waals surface area contributed by atoms with Gasteiger partial charge < -0.3 is 20.7 Å². The van der Waals surface area contributed by atoms with E-state index in [0.717, 1.165) is 18.2 Å². The van der Waals surface area contributed by atoms with Gasteiger partial charge in [-0.3, -0.25) is 0 Å². The predicted octanol–water partition coefficient (Wildman–Crippen LogP) is 1.67. The highest BCUT2D eigenvalue weighted by molar-refractivity contribution is 5.41. The lowest BCUT2D eigenvalue weighted by Gasteiger charge is -2.15. The average molecular weight is 251 g/mol. The number of halogens is 3. The minimum Gasteiger partial charge on any atom is -0.508 e. The lowest BCUT2D eigenvalue weighted by Crippen LogP contribution is -2.18. The zero-order valence-corrected chi connectivity index (χ0v) is 8.74. The fourth-order valence-electron chi connectivity index (χ4n) is 1.32. The molecule has 0 saturated carbocycles. The van der Waals surface area contributed by atoms with Crippen LogP contribution in [0.15, 0.2) is 18.2 Å². The van der Waals surface area contributed by atoms with E-state index in [1.165, 1.54) is 0 Å². The Bertz CT molecular complexity index is 382. The molecule has 0 aromatic heterocycles. The molecule has 4 N–H and O–H groups in total. The van der Waals surface area contributed by atoms with Crippen molar-refractivity contribution in [1.29, 1.82) is 0 Å².